The number of hydrogen-bond donors (Lipinski definition) is 2. The largest absolute Gasteiger partial charge is 0.494 e. The van der Waals surface area contributed by atoms with Crippen LogP contribution in [0.4, 0.5) is 0 Å². The molecule has 0 spiro atoms. The van der Waals surface area contributed by atoms with E-state index in [1.807, 2.05) is 25.1 Å². The second kappa shape index (κ2) is 6.43. The van der Waals surface area contributed by atoms with Gasteiger partial charge in [-0.15, -0.1) is 0 Å². The molecule has 0 saturated heterocycles. The third-order valence-corrected chi connectivity index (χ3v) is 3.56. The Bertz CT molecular complexity index is 634. The summed E-state index contributed by atoms with van der Waals surface area (Å²) in [6.07, 6.45) is 1.00. The van der Waals surface area contributed by atoms with Gasteiger partial charge in [-0.25, -0.2) is 4.79 Å². The number of carboxylic acids is 1. The molecule has 0 aliphatic rings. The van der Waals surface area contributed by atoms with Crippen LogP contribution < -0.4 is 4.74 Å². The molecule has 5 nitrogen and oxygen atoms in total. The van der Waals surface area contributed by atoms with Crippen molar-refractivity contribution in [3.63, 3.8) is 0 Å². The van der Waals surface area contributed by atoms with Gasteiger partial charge < -0.3 is 9.84 Å². The van der Waals surface area contributed by atoms with E-state index in [0.717, 1.165) is 23.3 Å². The van der Waals surface area contributed by atoms with E-state index in [-0.39, 0.29) is 5.69 Å². The molecule has 1 atom stereocenters. The molecule has 1 aromatic carbocycles. The van der Waals surface area contributed by atoms with E-state index in [4.69, 9.17) is 9.84 Å². The van der Waals surface area contributed by atoms with Gasteiger partial charge in [0.1, 0.15) is 11.4 Å². The van der Waals surface area contributed by atoms with Crippen LogP contribution in [-0.2, 0) is 0 Å². The van der Waals surface area contributed by atoms with Gasteiger partial charge in [-0.05, 0) is 49.1 Å². The molecule has 0 amide bonds. The van der Waals surface area contributed by atoms with Crippen LogP contribution in [0.3, 0.4) is 0 Å². The summed E-state index contributed by atoms with van der Waals surface area (Å²) >= 11 is 0. The first-order chi connectivity index (χ1) is 10.1. The quantitative estimate of drug-likeness (QED) is 0.850. The SMILES string of the molecule is CCOc1ccc(-c2cc(C(=O)O)[nH]n2)cc1C(C)CC. The van der Waals surface area contributed by atoms with Crippen molar-refractivity contribution in [2.45, 2.75) is 33.1 Å². The average Bonchev–Trinajstić information content (AvgIpc) is 2.97. The predicted molar refractivity (Wildman–Crippen MR) is 80.9 cm³/mol. The number of carbonyl (C=O) groups is 1. The molecule has 21 heavy (non-hydrogen) atoms. The molecule has 0 saturated carbocycles. The smallest absolute Gasteiger partial charge is 0.353 e. The molecule has 0 aliphatic heterocycles. The minimum atomic E-state index is -1.01. The van der Waals surface area contributed by atoms with E-state index in [1.165, 1.54) is 0 Å². The number of nitrogens with zero attached hydrogens (tertiary/aromatic N) is 1. The molecular formula is C16H20N2O3. The second-order valence-corrected chi connectivity index (χ2v) is 4.97. The number of hydrogen-bond acceptors (Lipinski definition) is 3. The Morgan fingerprint density at radius 2 is 2.14 bits per heavy atom. The minimum Gasteiger partial charge on any atom is -0.494 e. The van der Waals surface area contributed by atoms with Crippen LogP contribution >= 0.6 is 0 Å². The first kappa shape index (κ1) is 15.1. The van der Waals surface area contributed by atoms with Crippen LogP contribution in [0.15, 0.2) is 24.3 Å². The summed E-state index contributed by atoms with van der Waals surface area (Å²) in [7, 11) is 0. The number of aromatic nitrogens is 2. The number of benzene rings is 1. The van der Waals surface area contributed by atoms with E-state index in [0.29, 0.717) is 18.2 Å². The number of aromatic carboxylic acids is 1. The zero-order valence-electron chi connectivity index (χ0n) is 12.5. The van der Waals surface area contributed by atoms with E-state index in [9.17, 15) is 4.79 Å². The molecule has 2 N–H and O–H groups in total. The van der Waals surface area contributed by atoms with Crippen molar-refractivity contribution in [2.75, 3.05) is 6.61 Å². The lowest BCUT2D eigenvalue weighted by Gasteiger charge is -2.16. The van der Waals surface area contributed by atoms with Crippen molar-refractivity contribution in [1.82, 2.24) is 10.2 Å². The van der Waals surface area contributed by atoms with Crippen LogP contribution in [0.5, 0.6) is 5.75 Å². The maximum absolute atomic E-state index is 10.9. The number of carboxylic acid groups (broad SMARTS) is 1. The molecular weight excluding hydrogens is 268 g/mol. The molecule has 0 bridgehead atoms. The molecule has 5 heteroatoms. The molecule has 112 valence electrons. The van der Waals surface area contributed by atoms with Crippen molar-refractivity contribution in [3.8, 4) is 17.0 Å². The van der Waals surface area contributed by atoms with Crippen molar-refractivity contribution in [2.24, 2.45) is 0 Å². The van der Waals surface area contributed by atoms with Crippen LogP contribution in [0.1, 0.15) is 49.2 Å². The Kier molecular flexibility index (Phi) is 4.62. The molecule has 2 aromatic rings. The van der Waals surface area contributed by atoms with Gasteiger partial charge in [-0.2, -0.15) is 5.10 Å². The van der Waals surface area contributed by atoms with Crippen LogP contribution in [-0.4, -0.2) is 27.9 Å². The fourth-order valence-corrected chi connectivity index (χ4v) is 2.18. The normalized spacial score (nSPS) is 12.1. The summed E-state index contributed by atoms with van der Waals surface area (Å²) in [6.45, 7) is 6.86. The van der Waals surface area contributed by atoms with E-state index >= 15 is 0 Å². The van der Waals surface area contributed by atoms with Crippen LogP contribution in [0.25, 0.3) is 11.3 Å². The van der Waals surface area contributed by atoms with Gasteiger partial charge in [0.15, 0.2) is 0 Å². The number of rotatable bonds is 6. The Morgan fingerprint density at radius 3 is 2.71 bits per heavy atom. The Hall–Kier alpha value is -2.30. The van der Waals surface area contributed by atoms with Crippen molar-refractivity contribution < 1.29 is 14.6 Å². The number of H-pyrrole nitrogens is 1. The summed E-state index contributed by atoms with van der Waals surface area (Å²) in [5.41, 5.74) is 2.72. The predicted octanol–water partition coefficient (Wildman–Crippen LogP) is 3.69. The fraction of sp³-hybridized carbons (Fsp3) is 0.375. The average molecular weight is 288 g/mol. The van der Waals surface area contributed by atoms with E-state index in [2.05, 4.69) is 24.0 Å². The minimum absolute atomic E-state index is 0.0870. The summed E-state index contributed by atoms with van der Waals surface area (Å²) in [5, 5.41) is 15.5. The Morgan fingerprint density at radius 1 is 1.38 bits per heavy atom. The lowest BCUT2D eigenvalue weighted by atomic mass is 9.95. The van der Waals surface area contributed by atoms with Gasteiger partial charge in [-0.1, -0.05) is 13.8 Å². The summed E-state index contributed by atoms with van der Waals surface area (Å²) in [4.78, 5) is 10.9. The molecule has 0 radical (unpaired) electrons. The first-order valence-electron chi connectivity index (χ1n) is 7.12. The van der Waals surface area contributed by atoms with Gasteiger partial charge in [0, 0.05) is 5.56 Å². The zero-order valence-corrected chi connectivity index (χ0v) is 12.5. The van der Waals surface area contributed by atoms with Crippen molar-refractivity contribution >= 4 is 5.97 Å². The maximum atomic E-state index is 10.9. The number of nitrogens with one attached hydrogen (secondary N) is 1. The topological polar surface area (TPSA) is 75.2 Å². The lowest BCUT2D eigenvalue weighted by Crippen LogP contribution is -2.00. The Labute approximate surface area is 124 Å². The molecule has 2 rings (SSSR count). The standard InChI is InChI=1S/C16H20N2O3/c1-4-10(3)12-8-11(6-7-15(12)21-5-2)13-9-14(16(19)20)18-17-13/h6-10H,4-5H2,1-3H3,(H,17,18)(H,19,20). The first-order valence-corrected chi connectivity index (χ1v) is 7.12. The number of ether oxygens (including phenoxy) is 1. The summed E-state index contributed by atoms with van der Waals surface area (Å²) in [5.74, 6) is 0.232. The molecule has 1 heterocycles. The highest BCUT2D eigenvalue weighted by Gasteiger charge is 2.14. The molecule has 0 aliphatic carbocycles. The monoisotopic (exact) mass is 288 g/mol. The summed E-state index contributed by atoms with van der Waals surface area (Å²) < 4.78 is 5.67. The van der Waals surface area contributed by atoms with Crippen LogP contribution in [0, 0.1) is 0 Å². The summed E-state index contributed by atoms with van der Waals surface area (Å²) in [6, 6.07) is 7.40. The highest BCUT2D eigenvalue weighted by Crippen LogP contribution is 2.32. The highest BCUT2D eigenvalue weighted by atomic mass is 16.5. The maximum Gasteiger partial charge on any atom is 0.353 e. The molecule has 0 fully saturated rings. The highest BCUT2D eigenvalue weighted by molar-refractivity contribution is 5.86. The number of aromatic amines is 1. The van der Waals surface area contributed by atoms with Gasteiger partial charge in [0.05, 0.1) is 12.3 Å². The zero-order chi connectivity index (χ0) is 15.4. The van der Waals surface area contributed by atoms with E-state index in [1.54, 1.807) is 6.07 Å². The van der Waals surface area contributed by atoms with Crippen molar-refractivity contribution in [3.05, 3.63) is 35.5 Å². The van der Waals surface area contributed by atoms with Gasteiger partial charge in [0.2, 0.25) is 0 Å². The van der Waals surface area contributed by atoms with Crippen molar-refractivity contribution in [1.29, 1.82) is 0 Å². The van der Waals surface area contributed by atoms with Crippen LogP contribution in [0.2, 0.25) is 0 Å². The van der Waals surface area contributed by atoms with Gasteiger partial charge in [-0.3, -0.25) is 5.10 Å². The molecule has 1 aromatic heterocycles. The Balaban J connectivity index is 2.42. The third kappa shape index (κ3) is 3.24. The fourth-order valence-electron chi connectivity index (χ4n) is 2.18. The van der Waals surface area contributed by atoms with Gasteiger partial charge >= 0.3 is 5.97 Å². The van der Waals surface area contributed by atoms with Gasteiger partial charge in [0.25, 0.3) is 0 Å². The molecule has 1 unspecified atom stereocenters. The second-order valence-electron chi connectivity index (χ2n) is 4.97. The lowest BCUT2D eigenvalue weighted by molar-refractivity contribution is 0.0690. The third-order valence-electron chi connectivity index (χ3n) is 3.56. The van der Waals surface area contributed by atoms with E-state index < -0.39 is 5.97 Å².